The Bertz CT molecular complexity index is 190. The van der Waals surface area contributed by atoms with E-state index >= 15 is 0 Å². The van der Waals surface area contributed by atoms with E-state index in [-0.39, 0.29) is 29.0 Å². The molecule has 0 saturated carbocycles. The van der Waals surface area contributed by atoms with E-state index in [1.165, 1.54) is 0 Å². The molecule has 0 aliphatic heterocycles. The van der Waals surface area contributed by atoms with E-state index in [0.717, 1.165) is 0 Å². The van der Waals surface area contributed by atoms with Gasteiger partial charge in [0.2, 0.25) is 0 Å². The number of thiol groups is 1. The Morgan fingerprint density at radius 1 is 1.20 bits per heavy atom. The zero-order valence-corrected chi connectivity index (χ0v) is 7.00. The van der Waals surface area contributed by atoms with E-state index in [0.29, 0.717) is 5.75 Å². The molecule has 1 rings (SSSR count). The Hall–Kier alpha value is -0.311. The minimum atomic E-state index is -0.305. The van der Waals surface area contributed by atoms with Gasteiger partial charge in [-0.05, 0) is 12.1 Å². The SMILES string of the molecule is O=[SH]Oc1ccccc1.[Fe]. The molecule has 0 bridgehead atoms. The summed E-state index contributed by atoms with van der Waals surface area (Å²) < 4.78 is 14.5. The summed E-state index contributed by atoms with van der Waals surface area (Å²) in [5, 5.41) is 0. The molecule has 0 unspecified atom stereocenters. The van der Waals surface area contributed by atoms with Gasteiger partial charge in [0.25, 0.3) is 0 Å². The number of hydrogen-bond acceptors (Lipinski definition) is 2. The Morgan fingerprint density at radius 2 is 1.80 bits per heavy atom. The normalized spacial score (nSPS) is 8.00. The molecule has 0 atom stereocenters. The Labute approximate surface area is 73.8 Å². The van der Waals surface area contributed by atoms with Gasteiger partial charge in [0, 0.05) is 17.1 Å². The van der Waals surface area contributed by atoms with Crippen LogP contribution in [0, 0.1) is 0 Å². The average Bonchev–Trinajstić information content (AvgIpc) is 1.91. The maximum absolute atomic E-state index is 9.85. The van der Waals surface area contributed by atoms with Gasteiger partial charge >= 0.3 is 0 Å². The van der Waals surface area contributed by atoms with Crippen LogP contribution in [0.25, 0.3) is 0 Å². The van der Waals surface area contributed by atoms with E-state index in [1.54, 1.807) is 12.1 Å². The van der Waals surface area contributed by atoms with Gasteiger partial charge in [-0.25, -0.2) is 4.21 Å². The first-order valence-electron chi connectivity index (χ1n) is 2.48. The molecule has 0 N–H and O–H groups in total. The second-order valence-electron chi connectivity index (χ2n) is 1.48. The maximum atomic E-state index is 9.85. The smallest absolute Gasteiger partial charge is 0.193 e. The molecule has 1 aromatic rings. The third kappa shape index (κ3) is 3.01. The second-order valence-corrected chi connectivity index (χ2v) is 1.81. The third-order valence-electron chi connectivity index (χ3n) is 0.886. The molecule has 0 aliphatic rings. The summed E-state index contributed by atoms with van der Waals surface area (Å²) in [5.74, 6) is 0.620. The van der Waals surface area contributed by atoms with Crippen molar-refractivity contribution in [3.63, 3.8) is 0 Å². The summed E-state index contributed by atoms with van der Waals surface area (Å²) in [6, 6.07) is 8.99. The minimum Gasteiger partial charge on any atom is -0.403 e. The number of benzene rings is 1. The Morgan fingerprint density at radius 3 is 2.30 bits per heavy atom. The average molecular weight is 198 g/mol. The van der Waals surface area contributed by atoms with Crippen molar-refractivity contribution >= 4 is 11.9 Å². The number of para-hydroxylation sites is 1. The van der Waals surface area contributed by atoms with Gasteiger partial charge < -0.3 is 4.18 Å². The quantitative estimate of drug-likeness (QED) is 0.564. The van der Waals surface area contributed by atoms with Crippen molar-refractivity contribution in [2.24, 2.45) is 0 Å². The molecule has 56 valence electrons. The van der Waals surface area contributed by atoms with E-state index in [9.17, 15) is 4.21 Å². The zero-order chi connectivity index (χ0) is 6.53. The zero-order valence-electron chi connectivity index (χ0n) is 5.00. The maximum Gasteiger partial charge on any atom is 0.193 e. The van der Waals surface area contributed by atoms with E-state index in [1.807, 2.05) is 18.2 Å². The van der Waals surface area contributed by atoms with Crippen molar-refractivity contribution < 1.29 is 25.5 Å². The monoisotopic (exact) mass is 198 g/mol. The predicted octanol–water partition coefficient (Wildman–Crippen LogP) is 0.923. The third-order valence-corrected chi connectivity index (χ3v) is 1.17. The van der Waals surface area contributed by atoms with Crippen molar-refractivity contribution in [1.82, 2.24) is 0 Å². The number of rotatable bonds is 2. The van der Waals surface area contributed by atoms with Crippen LogP contribution in [-0.2, 0) is 29.0 Å². The molecule has 1 aromatic carbocycles. The van der Waals surface area contributed by atoms with Crippen LogP contribution in [0.5, 0.6) is 5.75 Å². The summed E-state index contributed by atoms with van der Waals surface area (Å²) >= 11 is -0.305. The van der Waals surface area contributed by atoms with E-state index in [4.69, 9.17) is 0 Å². The fraction of sp³-hybridized carbons (Fsp3) is 0. The van der Waals surface area contributed by atoms with Crippen molar-refractivity contribution in [3.05, 3.63) is 30.3 Å². The van der Waals surface area contributed by atoms with Crippen LogP contribution in [0.4, 0.5) is 0 Å². The van der Waals surface area contributed by atoms with Gasteiger partial charge in [0.15, 0.2) is 11.9 Å². The van der Waals surface area contributed by atoms with Crippen LogP contribution < -0.4 is 4.18 Å². The fourth-order valence-corrected chi connectivity index (χ4v) is 0.732. The largest absolute Gasteiger partial charge is 0.403 e. The van der Waals surface area contributed by atoms with Crippen LogP contribution in [0.1, 0.15) is 0 Å². The van der Waals surface area contributed by atoms with Crippen molar-refractivity contribution in [3.8, 4) is 5.75 Å². The Kier molecular flexibility index (Phi) is 5.30. The van der Waals surface area contributed by atoms with Gasteiger partial charge in [-0.15, -0.1) is 0 Å². The molecule has 0 amide bonds. The summed E-state index contributed by atoms with van der Waals surface area (Å²) in [7, 11) is 0. The van der Waals surface area contributed by atoms with Crippen LogP contribution in [0.3, 0.4) is 0 Å². The first kappa shape index (κ1) is 9.69. The molecular weight excluding hydrogens is 192 g/mol. The second kappa shape index (κ2) is 5.47. The molecule has 0 spiro atoms. The summed E-state index contributed by atoms with van der Waals surface area (Å²) in [4.78, 5) is 0. The van der Waals surface area contributed by atoms with Crippen LogP contribution in [0.15, 0.2) is 30.3 Å². The molecule has 0 aliphatic carbocycles. The molecule has 0 fully saturated rings. The first-order valence-corrected chi connectivity index (χ1v) is 3.21. The minimum absolute atomic E-state index is 0. The van der Waals surface area contributed by atoms with E-state index in [2.05, 4.69) is 4.18 Å². The fourth-order valence-electron chi connectivity index (χ4n) is 0.524. The van der Waals surface area contributed by atoms with Gasteiger partial charge in [0.05, 0.1) is 0 Å². The topological polar surface area (TPSA) is 26.3 Å². The van der Waals surface area contributed by atoms with Crippen molar-refractivity contribution in [2.45, 2.75) is 0 Å². The molecule has 0 radical (unpaired) electrons. The molecule has 2 nitrogen and oxygen atoms in total. The first-order chi connectivity index (χ1) is 4.43. The summed E-state index contributed by atoms with van der Waals surface area (Å²) in [6.45, 7) is 0. The molecule has 0 aromatic heterocycles. The van der Waals surface area contributed by atoms with Crippen LogP contribution in [0.2, 0.25) is 0 Å². The van der Waals surface area contributed by atoms with Crippen LogP contribution in [-0.4, -0.2) is 4.21 Å². The van der Waals surface area contributed by atoms with Crippen LogP contribution >= 0.6 is 0 Å². The molecule has 0 heterocycles. The van der Waals surface area contributed by atoms with Gasteiger partial charge in [-0.1, -0.05) is 18.2 Å². The standard InChI is InChI=1S/C6H6O2S.Fe/c7-9-8-6-4-2-1-3-5-6;/h1-5,9H;. The van der Waals surface area contributed by atoms with Crippen molar-refractivity contribution in [2.75, 3.05) is 0 Å². The summed E-state index contributed by atoms with van der Waals surface area (Å²) in [5.41, 5.74) is 0. The Balaban J connectivity index is 0.000000810. The predicted molar refractivity (Wildman–Crippen MR) is 36.6 cm³/mol. The number of hydrogen-bond donors (Lipinski definition) is 1. The van der Waals surface area contributed by atoms with Gasteiger partial charge in [0.1, 0.15) is 5.75 Å². The molecule has 10 heavy (non-hydrogen) atoms. The molecular formula is C6H6FeO2S. The van der Waals surface area contributed by atoms with E-state index < -0.39 is 0 Å². The van der Waals surface area contributed by atoms with Crippen molar-refractivity contribution in [1.29, 1.82) is 0 Å². The molecule has 4 heteroatoms. The van der Waals surface area contributed by atoms with Gasteiger partial charge in [-0.3, -0.25) is 0 Å². The molecule has 0 saturated heterocycles. The summed E-state index contributed by atoms with van der Waals surface area (Å²) in [6.07, 6.45) is 0. The van der Waals surface area contributed by atoms with Gasteiger partial charge in [-0.2, -0.15) is 0 Å².